The maximum absolute atomic E-state index is 12.4. The highest BCUT2D eigenvalue weighted by molar-refractivity contribution is 7.17. The number of aryl methyl sites for hydroxylation is 2. The second-order valence-corrected chi connectivity index (χ2v) is 7.49. The maximum atomic E-state index is 12.4. The molecule has 0 spiro atoms. The van der Waals surface area contributed by atoms with Crippen molar-refractivity contribution in [2.24, 2.45) is 0 Å². The van der Waals surface area contributed by atoms with Gasteiger partial charge in [-0.3, -0.25) is 9.59 Å². The molecule has 0 atom stereocenters. The minimum atomic E-state index is -0.0993. The summed E-state index contributed by atoms with van der Waals surface area (Å²) in [6, 6.07) is 9.98. The molecule has 0 fully saturated rings. The Hall–Kier alpha value is -2.14. The van der Waals surface area contributed by atoms with Crippen LogP contribution in [0.4, 0.5) is 5.00 Å². The van der Waals surface area contributed by atoms with Gasteiger partial charge in [-0.15, -0.1) is 11.3 Å². The normalized spacial score (nSPS) is 13.6. The Balaban J connectivity index is 1.74. The van der Waals surface area contributed by atoms with Crippen molar-refractivity contribution in [3.63, 3.8) is 0 Å². The zero-order valence-corrected chi connectivity index (χ0v) is 15.4. The summed E-state index contributed by atoms with van der Waals surface area (Å²) in [7, 11) is 1.64. The van der Waals surface area contributed by atoms with Gasteiger partial charge >= 0.3 is 0 Å². The summed E-state index contributed by atoms with van der Waals surface area (Å²) in [5.41, 5.74) is 2.96. The molecule has 0 radical (unpaired) electrons. The molecule has 1 aliphatic carbocycles. The monoisotopic (exact) mass is 356 g/mol. The molecule has 3 rings (SSSR count). The first-order valence-corrected chi connectivity index (χ1v) is 9.71. The van der Waals surface area contributed by atoms with E-state index in [-0.39, 0.29) is 11.8 Å². The topological polar surface area (TPSA) is 58.2 Å². The zero-order chi connectivity index (χ0) is 17.6. The van der Waals surface area contributed by atoms with E-state index in [1.807, 2.05) is 30.3 Å². The number of anilines is 1. The minimum Gasteiger partial charge on any atom is -0.355 e. The minimum absolute atomic E-state index is 0.0367. The van der Waals surface area contributed by atoms with Crippen LogP contribution in [0.5, 0.6) is 0 Å². The lowest BCUT2D eigenvalue weighted by Gasteiger charge is -2.08. The van der Waals surface area contributed by atoms with Crippen molar-refractivity contribution in [2.75, 3.05) is 12.4 Å². The number of amides is 2. The van der Waals surface area contributed by atoms with Crippen molar-refractivity contribution in [3.8, 4) is 0 Å². The Morgan fingerprint density at radius 3 is 2.60 bits per heavy atom. The predicted molar refractivity (Wildman–Crippen MR) is 102 cm³/mol. The smallest absolute Gasteiger partial charge is 0.254 e. The largest absolute Gasteiger partial charge is 0.355 e. The molecule has 4 nitrogen and oxygen atoms in total. The summed E-state index contributed by atoms with van der Waals surface area (Å²) < 4.78 is 0. The Bertz CT molecular complexity index is 753. The number of carbonyl (C=O) groups excluding carboxylic acids is 2. The maximum Gasteiger partial charge on any atom is 0.254 e. The molecule has 0 saturated carbocycles. The summed E-state index contributed by atoms with van der Waals surface area (Å²) in [4.78, 5) is 26.0. The van der Waals surface area contributed by atoms with Gasteiger partial charge in [0.05, 0.1) is 5.56 Å². The summed E-state index contributed by atoms with van der Waals surface area (Å²) in [6.07, 6.45) is 6.51. The van der Waals surface area contributed by atoms with Crippen LogP contribution in [0.15, 0.2) is 30.3 Å². The van der Waals surface area contributed by atoms with E-state index in [0.717, 1.165) is 36.8 Å². The molecule has 25 heavy (non-hydrogen) atoms. The third kappa shape index (κ3) is 4.28. The number of thiophene rings is 1. The van der Waals surface area contributed by atoms with Crippen LogP contribution in [0.25, 0.3) is 0 Å². The summed E-state index contributed by atoms with van der Waals surface area (Å²) in [5, 5.41) is 6.43. The highest BCUT2D eigenvalue weighted by Gasteiger charge is 2.24. The molecule has 2 aromatic rings. The predicted octanol–water partition coefficient (Wildman–Crippen LogP) is 3.95. The second kappa shape index (κ2) is 8.30. The van der Waals surface area contributed by atoms with Crippen molar-refractivity contribution < 1.29 is 9.59 Å². The van der Waals surface area contributed by atoms with E-state index in [1.54, 1.807) is 18.4 Å². The van der Waals surface area contributed by atoms with Crippen molar-refractivity contribution in [1.29, 1.82) is 0 Å². The first-order chi connectivity index (χ1) is 12.2. The first-order valence-electron chi connectivity index (χ1n) is 8.89. The van der Waals surface area contributed by atoms with Gasteiger partial charge in [-0.05, 0) is 43.2 Å². The number of carbonyl (C=O) groups is 2. The van der Waals surface area contributed by atoms with E-state index in [1.165, 1.54) is 11.3 Å². The van der Waals surface area contributed by atoms with Crippen molar-refractivity contribution in [3.05, 3.63) is 51.9 Å². The van der Waals surface area contributed by atoms with Crippen molar-refractivity contribution >= 4 is 28.2 Å². The van der Waals surface area contributed by atoms with E-state index in [2.05, 4.69) is 10.6 Å². The van der Waals surface area contributed by atoms with Crippen LogP contribution in [0.3, 0.4) is 0 Å². The highest BCUT2D eigenvalue weighted by Crippen LogP contribution is 2.37. The lowest BCUT2D eigenvalue weighted by Crippen LogP contribution is -2.21. The van der Waals surface area contributed by atoms with Gasteiger partial charge in [-0.2, -0.15) is 0 Å². The molecule has 2 N–H and O–H groups in total. The van der Waals surface area contributed by atoms with Gasteiger partial charge in [0, 0.05) is 18.3 Å². The summed E-state index contributed by atoms with van der Waals surface area (Å²) in [6.45, 7) is 0. The number of benzene rings is 1. The number of hydrogen-bond donors (Lipinski definition) is 2. The van der Waals surface area contributed by atoms with Gasteiger partial charge in [-0.25, -0.2) is 0 Å². The summed E-state index contributed by atoms with van der Waals surface area (Å²) >= 11 is 1.58. The van der Waals surface area contributed by atoms with Crippen LogP contribution in [0, 0.1) is 0 Å². The molecule has 1 aromatic carbocycles. The van der Waals surface area contributed by atoms with Gasteiger partial charge in [0.2, 0.25) is 5.91 Å². The van der Waals surface area contributed by atoms with E-state index in [4.69, 9.17) is 0 Å². The van der Waals surface area contributed by atoms with E-state index in [0.29, 0.717) is 23.4 Å². The number of nitrogens with one attached hydrogen (secondary N) is 2. The Kier molecular flexibility index (Phi) is 5.87. The third-order valence-corrected chi connectivity index (χ3v) is 5.82. The van der Waals surface area contributed by atoms with Crippen LogP contribution in [0.2, 0.25) is 0 Å². The third-order valence-electron chi connectivity index (χ3n) is 4.61. The van der Waals surface area contributed by atoms with Gasteiger partial charge in [0.15, 0.2) is 0 Å². The zero-order valence-electron chi connectivity index (χ0n) is 14.6. The average molecular weight is 356 g/mol. The lowest BCUT2D eigenvalue weighted by atomic mass is 10.0. The molecule has 0 bridgehead atoms. The van der Waals surface area contributed by atoms with Crippen molar-refractivity contribution in [1.82, 2.24) is 5.32 Å². The molecule has 0 saturated heterocycles. The van der Waals surface area contributed by atoms with Gasteiger partial charge in [-0.1, -0.05) is 36.8 Å². The van der Waals surface area contributed by atoms with Crippen LogP contribution < -0.4 is 10.6 Å². The second-order valence-electron chi connectivity index (χ2n) is 6.38. The number of rotatable bonds is 5. The fourth-order valence-corrected chi connectivity index (χ4v) is 4.59. The van der Waals surface area contributed by atoms with E-state index in [9.17, 15) is 9.59 Å². The Morgan fingerprint density at radius 2 is 1.84 bits per heavy atom. The molecule has 0 aliphatic heterocycles. The van der Waals surface area contributed by atoms with E-state index >= 15 is 0 Å². The average Bonchev–Trinajstić information content (AvgIpc) is 2.81. The highest BCUT2D eigenvalue weighted by atomic mass is 32.1. The van der Waals surface area contributed by atoms with Gasteiger partial charge in [0.25, 0.3) is 5.91 Å². The van der Waals surface area contributed by atoms with E-state index < -0.39 is 0 Å². The SMILES string of the molecule is CNC(=O)c1c(NC(=O)CCc2ccccc2)sc2c1CCCCC2. The number of hydrogen-bond acceptors (Lipinski definition) is 3. The lowest BCUT2D eigenvalue weighted by molar-refractivity contribution is -0.116. The van der Waals surface area contributed by atoms with Crippen LogP contribution in [-0.2, 0) is 24.1 Å². The molecule has 0 unspecified atom stereocenters. The van der Waals surface area contributed by atoms with Crippen LogP contribution in [0.1, 0.15) is 52.0 Å². The Labute approximate surface area is 152 Å². The quantitative estimate of drug-likeness (QED) is 0.797. The molecule has 1 aromatic heterocycles. The molecule has 132 valence electrons. The molecule has 5 heteroatoms. The summed E-state index contributed by atoms with van der Waals surface area (Å²) in [5.74, 6) is -0.136. The van der Waals surface area contributed by atoms with Crippen LogP contribution >= 0.6 is 11.3 Å². The molecular formula is C20H24N2O2S. The fraction of sp³-hybridized carbons (Fsp3) is 0.400. The molecule has 1 heterocycles. The van der Waals surface area contributed by atoms with Crippen LogP contribution in [-0.4, -0.2) is 18.9 Å². The first kappa shape index (κ1) is 17.7. The van der Waals surface area contributed by atoms with Crippen molar-refractivity contribution in [2.45, 2.75) is 44.9 Å². The standard InChI is InChI=1S/C20H24N2O2S/c1-21-19(24)18-15-10-6-3-7-11-16(15)25-20(18)22-17(23)13-12-14-8-4-2-5-9-14/h2,4-5,8-9H,3,6-7,10-13H2,1H3,(H,21,24)(H,22,23). The Morgan fingerprint density at radius 1 is 1.08 bits per heavy atom. The number of fused-ring (bicyclic) bond motifs is 1. The molecule has 2 amide bonds. The van der Waals surface area contributed by atoms with Gasteiger partial charge in [0.1, 0.15) is 5.00 Å². The fourth-order valence-electron chi connectivity index (χ4n) is 3.29. The van der Waals surface area contributed by atoms with Gasteiger partial charge < -0.3 is 10.6 Å². The molecular weight excluding hydrogens is 332 g/mol. The molecule has 1 aliphatic rings.